The van der Waals surface area contributed by atoms with E-state index in [1.54, 1.807) is 0 Å². The van der Waals surface area contributed by atoms with Crippen molar-refractivity contribution in [1.82, 2.24) is 4.90 Å². The molecule has 0 aliphatic carbocycles. The molecule has 0 bridgehead atoms. The van der Waals surface area contributed by atoms with E-state index in [-0.39, 0.29) is 0 Å². The van der Waals surface area contributed by atoms with Crippen LogP contribution in [0.4, 0.5) is 0 Å². The normalized spacial score (nSPS) is 22.5. The fraction of sp³-hybridized carbons (Fsp3) is 1.00. The molecule has 1 rings (SSSR count). The number of piperidine rings is 1. The largest absolute Gasteiger partial charge is 0.377 e. The van der Waals surface area contributed by atoms with E-state index < -0.39 is 0 Å². The Morgan fingerprint density at radius 1 is 1.31 bits per heavy atom. The molecule has 1 fully saturated rings. The molecular formula is C13H28N2O. The first-order valence-corrected chi connectivity index (χ1v) is 6.90. The highest BCUT2D eigenvalue weighted by Gasteiger charge is 2.19. The SMILES string of the molecule is CCCOC1CCCN(CCCCCN)C1. The van der Waals surface area contributed by atoms with Gasteiger partial charge < -0.3 is 15.4 Å². The maximum absolute atomic E-state index is 5.83. The fourth-order valence-corrected chi connectivity index (χ4v) is 2.29. The van der Waals surface area contributed by atoms with Gasteiger partial charge in [-0.15, -0.1) is 0 Å². The molecule has 0 aromatic rings. The second-order valence-electron chi connectivity index (χ2n) is 4.78. The van der Waals surface area contributed by atoms with E-state index in [0.717, 1.165) is 26.1 Å². The van der Waals surface area contributed by atoms with Crippen molar-refractivity contribution in [1.29, 1.82) is 0 Å². The summed E-state index contributed by atoms with van der Waals surface area (Å²) in [4.78, 5) is 2.56. The van der Waals surface area contributed by atoms with Crippen LogP contribution in [-0.4, -0.2) is 43.8 Å². The van der Waals surface area contributed by atoms with Gasteiger partial charge >= 0.3 is 0 Å². The first kappa shape index (κ1) is 13.9. The van der Waals surface area contributed by atoms with Crippen molar-refractivity contribution in [3.63, 3.8) is 0 Å². The van der Waals surface area contributed by atoms with Crippen LogP contribution >= 0.6 is 0 Å². The highest BCUT2D eigenvalue weighted by atomic mass is 16.5. The average molecular weight is 228 g/mol. The van der Waals surface area contributed by atoms with Gasteiger partial charge in [0.2, 0.25) is 0 Å². The van der Waals surface area contributed by atoms with E-state index in [0.29, 0.717) is 6.10 Å². The molecule has 2 N–H and O–H groups in total. The summed E-state index contributed by atoms with van der Waals surface area (Å²) in [5.41, 5.74) is 5.49. The third-order valence-corrected chi connectivity index (χ3v) is 3.20. The molecule has 0 aromatic carbocycles. The van der Waals surface area contributed by atoms with Crippen molar-refractivity contribution >= 4 is 0 Å². The highest BCUT2D eigenvalue weighted by Crippen LogP contribution is 2.14. The molecule has 0 radical (unpaired) electrons. The van der Waals surface area contributed by atoms with Crippen molar-refractivity contribution < 1.29 is 4.74 Å². The molecule has 1 aliphatic heterocycles. The third kappa shape index (κ3) is 5.83. The number of ether oxygens (including phenoxy) is 1. The Hall–Kier alpha value is -0.120. The van der Waals surface area contributed by atoms with Crippen molar-refractivity contribution in [3.8, 4) is 0 Å². The van der Waals surface area contributed by atoms with Crippen LogP contribution in [0.3, 0.4) is 0 Å². The van der Waals surface area contributed by atoms with E-state index in [9.17, 15) is 0 Å². The van der Waals surface area contributed by atoms with Crippen LogP contribution in [0.5, 0.6) is 0 Å². The lowest BCUT2D eigenvalue weighted by molar-refractivity contribution is -0.000345. The Kier molecular flexibility index (Phi) is 7.81. The van der Waals surface area contributed by atoms with Gasteiger partial charge in [0, 0.05) is 13.2 Å². The minimum Gasteiger partial charge on any atom is -0.377 e. The minimum atomic E-state index is 0.489. The number of rotatable bonds is 8. The molecule has 3 nitrogen and oxygen atoms in total. The van der Waals surface area contributed by atoms with Gasteiger partial charge in [-0.3, -0.25) is 0 Å². The Morgan fingerprint density at radius 2 is 2.19 bits per heavy atom. The lowest BCUT2D eigenvalue weighted by Gasteiger charge is -2.32. The molecule has 1 aliphatic rings. The maximum Gasteiger partial charge on any atom is 0.0702 e. The molecule has 0 saturated carbocycles. The van der Waals surface area contributed by atoms with Crippen LogP contribution in [0.2, 0.25) is 0 Å². The maximum atomic E-state index is 5.83. The lowest BCUT2D eigenvalue weighted by Crippen LogP contribution is -2.40. The Bertz CT molecular complexity index is 164. The molecule has 1 saturated heterocycles. The number of nitrogens with zero attached hydrogens (tertiary/aromatic N) is 1. The summed E-state index contributed by atoms with van der Waals surface area (Å²) >= 11 is 0. The summed E-state index contributed by atoms with van der Waals surface area (Å²) in [5, 5.41) is 0. The summed E-state index contributed by atoms with van der Waals surface area (Å²) < 4.78 is 5.83. The second kappa shape index (κ2) is 8.97. The van der Waals surface area contributed by atoms with Crippen LogP contribution in [0.15, 0.2) is 0 Å². The summed E-state index contributed by atoms with van der Waals surface area (Å²) in [6, 6.07) is 0. The highest BCUT2D eigenvalue weighted by molar-refractivity contribution is 4.73. The van der Waals surface area contributed by atoms with Crippen LogP contribution in [0, 0.1) is 0 Å². The van der Waals surface area contributed by atoms with Gasteiger partial charge in [-0.1, -0.05) is 13.3 Å². The molecule has 1 atom stereocenters. The predicted molar refractivity (Wildman–Crippen MR) is 68.6 cm³/mol. The molecule has 0 spiro atoms. The number of unbranched alkanes of at least 4 members (excludes halogenated alkanes) is 2. The van der Waals surface area contributed by atoms with Gasteiger partial charge in [-0.05, 0) is 51.7 Å². The summed E-state index contributed by atoms with van der Waals surface area (Å²) in [5.74, 6) is 0. The van der Waals surface area contributed by atoms with E-state index in [1.807, 2.05) is 0 Å². The smallest absolute Gasteiger partial charge is 0.0702 e. The molecule has 1 heterocycles. The number of hydrogen-bond acceptors (Lipinski definition) is 3. The molecule has 16 heavy (non-hydrogen) atoms. The van der Waals surface area contributed by atoms with Crippen molar-refractivity contribution in [2.45, 2.75) is 51.6 Å². The Morgan fingerprint density at radius 3 is 2.94 bits per heavy atom. The third-order valence-electron chi connectivity index (χ3n) is 3.20. The zero-order chi connectivity index (χ0) is 11.6. The van der Waals surface area contributed by atoms with E-state index in [1.165, 1.54) is 45.2 Å². The zero-order valence-corrected chi connectivity index (χ0v) is 10.8. The van der Waals surface area contributed by atoms with Gasteiger partial charge in [0.25, 0.3) is 0 Å². The molecule has 0 aromatic heterocycles. The first-order valence-electron chi connectivity index (χ1n) is 6.90. The molecular weight excluding hydrogens is 200 g/mol. The Balaban J connectivity index is 2.07. The standard InChI is InChI=1S/C13H28N2O/c1-2-11-16-13-7-6-10-15(12-13)9-5-3-4-8-14/h13H,2-12,14H2,1H3. The molecule has 1 unspecified atom stereocenters. The van der Waals surface area contributed by atoms with Crippen molar-refractivity contribution in [2.75, 3.05) is 32.8 Å². The van der Waals surface area contributed by atoms with Crippen LogP contribution < -0.4 is 5.73 Å². The summed E-state index contributed by atoms with van der Waals surface area (Å²) in [6.45, 7) is 7.56. The van der Waals surface area contributed by atoms with Crippen LogP contribution in [0.25, 0.3) is 0 Å². The van der Waals surface area contributed by atoms with E-state index in [2.05, 4.69) is 11.8 Å². The van der Waals surface area contributed by atoms with E-state index in [4.69, 9.17) is 10.5 Å². The lowest BCUT2D eigenvalue weighted by atomic mass is 10.1. The molecule has 96 valence electrons. The predicted octanol–water partition coefficient (Wildman–Crippen LogP) is 2.01. The quantitative estimate of drug-likeness (QED) is 0.646. The van der Waals surface area contributed by atoms with Crippen molar-refractivity contribution in [3.05, 3.63) is 0 Å². The van der Waals surface area contributed by atoms with Crippen LogP contribution in [-0.2, 0) is 4.74 Å². The number of nitrogens with two attached hydrogens (primary N) is 1. The van der Waals surface area contributed by atoms with Crippen molar-refractivity contribution in [2.24, 2.45) is 5.73 Å². The average Bonchev–Trinajstić information content (AvgIpc) is 2.33. The summed E-state index contributed by atoms with van der Waals surface area (Å²) in [7, 11) is 0. The zero-order valence-electron chi connectivity index (χ0n) is 10.8. The summed E-state index contributed by atoms with van der Waals surface area (Å²) in [6.07, 6.45) is 7.90. The van der Waals surface area contributed by atoms with Gasteiger partial charge in [0.15, 0.2) is 0 Å². The Labute approximate surface area is 100 Å². The topological polar surface area (TPSA) is 38.5 Å². The number of likely N-dealkylation sites (tertiary alicyclic amines) is 1. The fourth-order valence-electron chi connectivity index (χ4n) is 2.29. The monoisotopic (exact) mass is 228 g/mol. The van der Waals surface area contributed by atoms with Gasteiger partial charge in [0.05, 0.1) is 6.10 Å². The molecule has 3 heteroatoms. The minimum absolute atomic E-state index is 0.489. The van der Waals surface area contributed by atoms with Gasteiger partial charge in [-0.25, -0.2) is 0 Å². The van der Waals surface area contributed by atoms with Gasteiger partial charge in [-0.2, -0.15) is 0 Å². The molecule has 0 amide bonds. The second-order valence-corrected chi connectivity index (χ2v) is 4.78. The number of hydrogen-bond donors (Lipinski definition) is 1. The van der Waals surface area contributed by atoms with Crippen LogP contribution in [0.1, 0.15) is 45.4 Å². The first-order chi connectivity index (χ1) is 7.86. The van der Waals surface area contributed by atoms with E-state index >= 15 is 0 Å². The van der Waals surface area contributed by atoms with Gasteiger partial charge in [0.1, 0.15) is 0 Å².